The van der Waals surface area contributed by atoms with Gasteiger partial charge in [-0.3, -0.25) is 9.88 Å². The number of pyridine rings is 1. The third kappa shape index (κ3) is 5.01. The third-order valence-corrected chi connectivity index (χ3v) is 5.70. The zero-order chi connectivity index (χ0) is 16.8. The van der Waals surface area contributed by atoms with E-state index < -0.39 is 0 Å². The van der Waals surface area contributed by atoms with Crippen LogP contribution in [-0.4, -0.2) is 78.1 Å². The van der Waals surface area contributed by atoms with E-state index in [4.69, 9.17) is 0 Å². The van der Waals surface area contributed by atoms with E-state index in [-0.39, 0.29) is 0 Å². The van der Waals surface area contributed by atoms with Crippen LogP contribution in [0.3, 0.4) is 0 Å². The molecule has 2 saturated heterocycles. The van der Waals surface area contributed by atoms with Crippen LogP contribution >= 0.6 is 0 Å². The molecule has 1 aromatic heterocycles. The molecular formula is C20H34N4. The van der Waals surface area contributed by atoms with E-state index in [9.17, 15) is 0 Å². The van der Waals surface area contributed by atoms with Crippen LogP contribution in [0.5, 0.6) is 0 Å². The molecule has 2 aliphatic heterocycles. The van der Waals surface area contributed by atoms with Crippen molar-refractivity contribution in [2.24, 2.45) is 0 Å². The van der Waals surface area contributed by atoms with E-state index in [1.54, 1.807) is 0 Å². The lowest BCUT2D eigenvalue weighted by Gasteiger charge is -2.37. The van der Waals surface area contributed by atoms with Crippen molar-refractivity contribution in [3.63, 3.8) is 0 Å². The Morgan fingerprint density at radius 2 is 1.83 bits per heavy atom. The summed E-state index contributed by atoms with van der Waals surface area (Å²) in [5, 5.41) is 0. The molecule has 0 amide bonds. The van der Waals surface area contributed by atoms with E-state index in [0.29, 0.717) is 12.0 Å². The van der Waals surface area contributed by atoms with Crippen LogP contribution in [0.4, 0.5) is 0 Å². The number of rotatable bonds is 6. The van der Waals surface area contributed by atoms with E-state index in [1.807, 2.05) is 12.3 Å². The van der Waals surface area contributed by atoms with Gasteiger partial charge in [-0.1, -0.05) is 6.07 Å². The summed E-state index contributed by atoms with van der Waals surface area (Å²) in [5.74, 6) is 0.634. The van der Waals surface area contributed by atoms with Gasteiger partial charge in [-0.15, -0.1) is 0 Å². The van der Waals surface area contributed by atoms with Crippen molar-refractivity contribution in [2.45, 2.75) is 45.1 Å². The van der Waals surface area contributed by atoms with Gasteiger partial charge in [-0.25, -0.2) is 0 Å². The maximum Gasteiger partial charge on any atom is 0.0447 e. The molecule has 4 heteroatoms. The molecule has 24 heavy (non-hydrogen) atoms. The number of hydrogen-bond acceptors (Lipinski definition) is 4. The topological polar surface area (TPSA) is 22.6 Å². The molecule has 2 aliphatic rings. The van der Waals surface area contributed by atoms with Gasteiger partial charge in [-0.2, -0.15) is 0 Å². The average molecular weight is 331 g/mol. The Labute approximate surface area is 147 Å². The highest BCUT2D eigenvalue weighted by molar-refractivity contribution is 5.10. The van der Waals surface area contributed by atoms with Crippen LogP contribution in [-0.2, 0) is 0 Å². The predicted molar refractivity (Wildman–Crippen MR) is 100 cm³/mol. The Hall–Kier alpha value is -0.970. The monoisotopic (exact) mass is 330 g/mol. The summed E-state index contributed by atoms with van der Waals surface area (Å²) in [5.41, 5.74) is 1.28. The van der Waals surface area contributed by atoms with Gasteiger partial charge in [-0.05, 0) is 64.9 Å². The first-order valence-corrected chi connectivity index (χ1v) is 9.82. The van der Waals surface area contributed by atoms with Crippen LogP contribution in [0.25, 0.3) is 0 Å². The Morgan fingerprint density at radius 1 is 1.04 bits per heavy atom. The SMILES string of the molecule is CC(C)N1CCN(CCCN2CCC[C@H](c3ccccn3)C2)CC1. The molecule has 1 atom stereocenters. The number of piperidine rings is 1. The van der Waals surface area contributed by atoms with Gasteiger partial charge in [0.15, 0.2) is 0 Å². The molecule has 4 nitrogen and oxygen atoms in total. The van der Waals surface area contributed by atoms with E-state index >= 15 is 0 Å². The van der Waals surface area contributed by atoms with E-state index in [1.165, 1.54) is 77.3 Å². The quantitative estimate of drug-likeness (QED) is 0.800. The van der Waals surface area contributed by atoms with Crippen LogP contribution in [0, 0.1) is 0 Å². The minimum absolute atomic E-state index is 0.634. The number of piperazine rings is 1. The minimum atomic E-state index is 0.634. The molecule has 0 spiro atoms. The highest BCUT2D eigenvalue weighted by atomic mass is 15.3. The lowest BCUT2D eigenvalue weighted by Crippen LogP contribution is -2.49. The Kier molecular flexibility index (Phi) is 6.64. The second-order valence-corrected chi connectivity index (χ2v) is 7.72. The lowest BCUT2D eigenvalue weighted by molar-refractivity contribution is 0.103. The van der Waals surface area contributed by atoms with Crippen molar-refractivity contribution in [3.8, 4) is 0 Å². The average Bonchev–Trinajstić information content (AvgIpc) is 2.63. The van der Waals surface area contributed by atoms with Gasteiger partial charge in [0.1, 0.15) is 0 Å². The van der Waals surface area contributed by atoms with Crippen LogP contribution in [0.15, 0.2) is 24.4 Å². The smallest absolute Gasteiger partial charge is 0.0447 e. The molecule has 3 rings (SSSR count). The van der Waals surface area contributed by atoms with Crippen LogP contribution in [0.2, 0.25) is 0 Å². The normalized spacial score (nSPS) is 24.5. The van der Waals surface area contributed by atoms with Crippen molar-refractivity contribution in [3.05, 3.63) is 30.1 Å². The molecule has 0 saturated carbocycles. The Morgan fingerprint density at radius 3 is 2.54 bits per heavy atom. The van der Waals surface area contributed by atoms with Crippen LogP contribution in [0.1, 0.15) is 44.7 Å². The highest BCUT2D eigenvalue weighted by Gasteiger charge is 2.22. The fraction of sp³-hybridized carbons (Fsp3) is 0.750. The van der Waals surface area contributed by atoms with Gasteiger partial charge in [0.2, 0.25) is 0 Å². The van der Waals surface area contributed by atoms with E-state index in [0.717, 1.165) is 0 Å². The number of hydrogen-bond donors (Lipinski definition) is 0. The van der Waals surface area contributed by atoms with Crippen molar-refractivity contribution < 1.29 is 0 Å². The highest BCUT2D eigenvalue weighted by Crippen LogP contribution is 2.25. The largest absolute Gasteiger partial charge is 0.303 e. The van der Waals surface area contributed by atoms with Crippen molar-refractivity contribution in [1.29, 1.82) is 0 Å². The number of aromatic nitrogens is 1. The van der Waals surface area contributed by atoms with Crippen LogP contribution < -0.4 is 0 Å². The summed E-state index contributed by atoms with van der Waals surface area (Å²) < 4.78 is 0. The maximum absolute atomic E-state index is 4.57. The first-order valence-electron chi connectivity index (χ1n) is 9.82. The predicted octanol–water partition coefficient (Wildman–Crippen LogP) is 2.68. The molecule has 0 radical (unpaired) electrons. The third-order valence-electron chi connectivity index (χ3n) is 5.70. The van der Waals surface area contributed by atoms with Gasteiger partial charge >= 0.3 is 0 Å². The number of nitrogens with zero attached hydrogens (tertiary/aromatic N) is 4. The standard InChI is InChI=1S/C20H34N4/c1-18(2)24-15-13-22(14-16-24)11-6-12-23-10-5-7-19(17-23)20-8-3-4-9-21-20/h3-4,8-9,18-19H,5-7,10-17H2,1-2H3/t19-/m0/s1. The number of likely N-dealkylation sites (tertiary alicyclic amines) is 1. The molecule has 0 aliphatic carbocycles. The second kappa shape index (κ2) is 8.93. The molecular weight excluding hydrogens is 296 g/mol. The second-order valence-electron chi connectivity index (χ2n) is 7.72. The zero-order valence-corrected chi connectivity index (χ0v) is 15.5. The maximum atomic E-state index is 4.57. The first-order chi connectivity index (χ1) is 11.7. The molecule has 0 N–H and O–H groups in total. The zero-order valence-electron chi connectivity index (χ0n) is 15.5. The Balaban J connectivity index is 1.36. The van der Waals surface area contributed by atoms with Gasteiger partial charge < -0.3 is 9.80 Å². The summed E-state index contributed by atoms with van der Waals surface area (Å²) in [6.07, 6.45) is 5.85. The summed E-state index contributed by atoms with van der Waals surface area (Å²) in [6.45, 7) is 14.6. The molecule has 134 valence electrons. The van der Waals surface area contributed by atoms with E-state index in [2.05, 4.69) is 45.7 Å². The fourth-order valence-corrected chi connectivity index (χ4v) is 4.14. The molecule has 0 unspecified atom stereocenters. The summed E-state index contributed by atoms with van der Waals surface area (Å²) in [7, 11) is 0. The summed E-state index contributed by atoms with van der Waals surface area (Å²) in [4.78, 5) is 12.5. The summed E-state index contributed by atoms with van der Waals surface area (Å²) in [6, 6.07) is 7.04. The fourth-order valence-electron chi connectivity index (χ4n) is 4.14. The van der Waals surface area contributed by atoms with Crippen molar-refractivity contribution in [2.75, 3.05) is 52.4 Å². The first kappa shape index (κ1) is 17.8. The van der Waals surface area contributed by atoms with Crippen molar-refractivity contribution in [1.82, 2.24) is 19.7 Å². The molecule has 2 fully saturated rings. The molecule has 0 aromatic carbocycles. The van der Waals surface area contributed by atoms with Crippen molar-refractivity contribution >= 4 is 0 Å². The lowest BCUT2D eigenvalue weighted by atomic mass is 9.94. The minimum Gasteiger partial charge on any atom is -0.303 e. The molecule has 3 heterocycles. The molecule has 1 aromatic rings. The van der Waals surface area contributed by atoms with Gasteiger partial charge in [0.25, 0.3) is 0 Å². The van der Waals surface area contributed by atoms with Gasteiger partial charge in [0, 0.05) is 56.6 Å². The Bertz CT molecular complexity index is 468. The molecule has 0 bridgehead atoms. The van der Waals surface area contributed by atoms with Gasteiger partial charge in [0.05, 0.1) is 0 Å². The summed E-state index contributed by atoms with van der Waals surface area (Å²) >= 11 is 0.